The van der Waals surface area contributed by atoms with E-state index in [4.69, 9.17) is 0 Å². The van der Waals surface area contributed by atoms with E-state index in [0.29, 0.717) is 18.9 Å². The van der Waals surface area contributed by atoms with Gasteiger partial charge in [-0.15, -0.1) is 0 Å². The number of rotatable bonds is 6. The summed E-state index contributed by atoms with van der Waals surface area (Å²) in [4.78, 5) is 14.7. The van der Waals surface area contributed by atoms with Gasteiger partial charge in [-0.25, -0.2) is 13.4 Å². The normalized spacial score (nSPS) is 20.9. The number of non-ortho nitro benzene ring substituents is 1. The summed E-state index contributed by atoms with van der Waals surface area (Å²) in [5.41, 5.74) is 0.884. The molecular formula is C16H24N4O4S. The molecule has 25 heavy (non-hydrogen) atoms. The molecule has 1 aromatic rings. The van der Waals surface area contributed by atoms with E-state index in [0.717, 1.165) is 12.0 Å². The second-order valence-electron chi connectivity index (χ2n) is 6.29. The lowest BCUT2D eigenvalue weighted by atomic mass is 10.2. The van der Waals surface area contributed by atoms with Crippen molar-refractivity contribution in [1.29, 1.82) is 0 Å². The van der Waals surface area contributed by atoms with Gasteiger partial charge in [0, 0.05) is 24.2 Å². The third-order valence-electron chi connectivity index (χ3n) is 4.14. The van der Waals surface area contributed by atoms with Crippen LogP contribution >= 0.6 is 0 Å². The molecule has 0 radical (unpaired) electrons. The van der Waals surface area contributed by atoms with Crippen molar-refractivity contribution in [2.45, 2.75) is 45.3 Å². The summed E-state index contributed by atoms with van der Waals surface area (Å²) in [6.45, 7) is 4.42. The zero-order valence-corrected chi connectivity index (χ0v) is 15.3. The van der Waals surface area contributed by atoms with Crippen molar-refractivity contribution in [3.8, 4) is 0 Å². The zero-order valence-electron chi connectivity index (χ0n) is 14.4. The van der Waals surface area contributed by atoms with Crippen LogP contribution in [0, 0.1) is 10.1 Å². The molecule has 1 aromatic carbocycles. The molecule has 138 valence electrons. The van der Waals surface area contributed by atoms with Crippen molar-refractivity contribution in [1.82, 2.24) is 10.6 Å². The van der Waals surface area contributed by atoms with Crippen LogP contribution in [0.5, 0.6) is 0 Å². The monoisotopic (exact) mass is 368 g/mol. The zero-order chi connectivity index (χ0) is 18.4. The molecule has 0 saturated carbocycles. The van der Waals surface area contributed by atoms with Crippen molar-refractivity contribution in [3.05, 3.63) is 39.9 Å². The largest absolute Gasteiger partial charge is 0.354 e. The Morgan fingerprint density at radius 1 is 1.40 bits per heavy atom. The molecule has 0 spiro atoms. The SMILES string of the molecule is CCC(C)NC(=NCc1ccc([N+](=O)[O-])cc1)NC1CCS(=O)(=O)C1. The number of benzene rings is 1. The Bertz CT molecular complexity index is 731. The highest BCUT2D eigenvalue weighted by Gasteiger charge is 2.28. The maximum atomic E-state index is 11.6. The summed E-state index contributed by atoms with van der Waals surface area (Å²) < 4.78 is 23.2. The van der Waals surface area contributed by atoms with Gasteiger partial charge in [-0.3, -0.25) is 10.1 Å². The minimum atomic E-state index is -2.96. The number of guanidine groups is 1. The average molecular weight is 368 g/mol. The van der Waals surface area contributed by atoms with Crippen molar-refractivity contribution >= 4 is 21.5 Å². The second kappa shape index (κ2) is 8.28. The van der Waals surface area contributed by atoms with E-state index in [9.17, 15) is 18.5 Å². The molecule has 2 rings (SSSR count). The predicted molar refractivity (Wildman–Crippen MR) is 97.3 cm³/mol. The number of sulfone groups is 1. The predicted octanol–water partition coefficient (Wildman–Crippen LogP) is 1.62. The standard InChI is InChI=1S/C16H24N4O4S/c1-3-12(2)18-16(19-14-8-9-25(23,24)11-14)17-10-13-4-6-15(7-5-13)20(21)22/h4-7,12,14H,3,8-11H2,1-2H3,(H2,17,18,19). The first kappa shape index (κ1) is 19.2. The van der Waals surface area contributed by atoms with E-state index in [-0.39, 0.29) is 29.3 Å². The van der Waals surface area contributed by atoms with Crippen molar-refractivity contribution in [2.75, 3.05) is 11.5 Å². The lowest BCUT2D eigenvalue weighted by Gasteiger charge is -2.20. The van der Waals surface area contributed by atoms with Crippen molar-refractivity contribution in [2.24, 2.45) is 4.99 Å². The van der Waals surface area contributed by atoms with Crippen LogP contribution in [0.1, 0.15) is 32.3 Å². The number of nitrogens with zero attached hydrogens (tertiary/aromatic N) is 2. The van der Waals surface area contributed by atoms with Crippen LogP contribution in [0.2, 0.25) is 0 Å². The summed E-state index contributed by atoms with van der Waals surface area (Å²) in [7, 11) is -2.96. The highest BCUT2D eigenvalue weighted by Crippen LogP contribution is 2.13. The van der Waals surface area contributed by atoms with Crippen LogP contribution in [-0.4, -0.2) is 42.9 Å². The molecule has 0 amide bonds. The van der Waals surface area contributed by atoms with Gasteiger partial charge >= 0.3 is 0 Å². The first-order valence-electron chi connectivity index (χ1n) is 8.30. The van der Waals surface area contributed by atoms with E-state index in [1.54, 1.807) is 12.1 Å². The molecule has 9 heteroatoms. The number of nitro groups is 1. The molecule has 0 aromatic heterocycles. The van der Waals surface area contributed by atoms with E-state index in [1.807, 2.05) is 13.8 Å². The Labute approximate surface area is 147 Å². The molecular weight excluding hydrogens is 344 g/mol. The highest BCUT2D eigenvalue weighted by atomic mass is 32.2. The van der Waals surface area contributed by atoms with Crippen LogP contribution in [-0.2, 0) is 16.4 Å². The first-order valence-corrected chi connectivity index (χ1v) is 10.1. The number of aliphatic imine (C=N–C) groups is 1. The number of hydrogen-bond acceptors (Lipinski definition) is 5. The summed E-state index contributed by atoms with van der Waals surface area (Å²) in [5, 5.41) is 17.1. The average Bonchev–Trinajstić information content (AvgIpc) is 2.91. The van der Waals surface area contributed by atoms with Gasteiger partial charge < -0.3 is 10.6 Å². The van der Waals surface area contributed by atoms with Gasteiger partial charge in [0.2, 0.25) is 0 Å². The van der Waals surface area contributed by atoms with Gasteiger partial charge in [-0.05, 0) is 25.3 Å². The maximum absolute atomic E-state index is 11.6. The molecule has 2 atom stereocenters. The fourth-order valence-corrected chi connectivity index (χ4v) is 4.14. The van der Waals surface area contributed by atoms with Crippen LogP contribution in [0.4, 0.5) is 5.69 Å². The number of hydrogen-bond donors (Lipinski definition) is 2. The summed E-state index contributed by atoms with van der Waals surface area (Å²) >= 11 is 0. The maximum Gasteiger partial charge on any atom is 0.269 e. The Hall–Kier alpha value is -2.16. The van der Waals surface area contributed by atoms with E-state index in [1.165, 1.54) is 12.1 Å². The third-order valence-corrected chi connectivity index (χ3v) is 5.90. The minimum Gasteiger partial charge on any atom is -0.354 e. The molecule has 1 saturated heterocycles. The second-order valence-corrected chi connectivity index (χ2v) is 8.52. The molecule has 1 aliphatic heterocycles. The smallest absolute Gasteiger partial charge is 0.269 e. The molecule has 0 bridgehead atoms. The van der Waals surface area contributed by atoms with Gasteiger partial charge in [-0.2, -0.15) is 0 Å². The summed E-state index contributed by atoms with van der Waals surface area (Å²) in [6, 6.07) is 6.29. The molecule has 1 heterocycles. The lowest BCUT2D eigenvalue weighted by Crippen LogP contribution is -2.47. The Morgan fingerprint density at radius 2 is 2.08 bits per heavy atom. The topological polar surface area (TPSA) is 114 Å². The third kappa shape index (κ3) is 6.00. The van der Waals surface area contributed by atoms with Gasteiger partial charge in [0.15, 0.2) is 15.8 Å². The van der Waals surface area contributed by atoms with Gasteiger partial charge in [0.05, 0.1) is 23.0 Å². The van der Waals surface area contributed by atoms with Crippen LogP contribution in [0.15, 0.2) is 29.3 Å². The lowest BCUT2D eigenvalue weighted by molar-refractivity contribution is -0.384. The molecule has 8 nitrogen and oxygen atoms in total. The molecule has 2 unspecified atom stereocenters. The molecule has 0 aliphatic carbocycles. The van der Waals surface area contributed by atoms with Gasteiger partial charge in [0.25, 0.3) is 5.69 Å². The molecule has 1 fully saturated rings. The van der Waals surface area contributed by atoms with Gasteiger partial charge in [0.1, 0.15) is 0 Å². The number of nitrogens with one attached hydrogen (secondary N) is 2. The Kier molecular flexibility index (Phi) is 6.35. The van der Waals surface area contributed by atoms with Gasteiger partial charge in [-0.1, -0.05) is 19.1 Å². The minimum absolute atomic E-state index is 0.0416. The van der Waals surface area contributed by atoms with Crippen LogP contribution in [0.25, 0.3) is 0 Å². The fourth-order valence-electron chi connectivity index (χ4n) is 2.46. The highest BCUT2D eigenvalue weighted by molar-refractivity contribution is 7.91. The number of nitro benzene ring substituents is 1. The van der Waals surface area contributed by atoms with E-state index < -0.39 is 14.8 Å². The van der Waals surface area contributed by atoms with E-state index in [2.05, 4.69) is 15.6 Å². The van der Waals surface area contributed by atoms with Crippen LogP contribution in [0.3, 0.4) is 0 Å². The summed E-state index contributed by atoms with van der Waals surface area (Å²) in [5.74, 6) is 0.879. The quantitative estimate of drug-likeness (QED) is 0.341. The van der Waals surface area contributed by atoms with Crippen LogP contribution < -0.4 is 10.6 Å². The summed E-state index contributed by atoms with van der Waals surface area (Å²) in [6.07, 6.45) is 1.47. The Morgan fingerprint density at radius 3 is 2.60 bits per heavy atom. The van der Waals surface area contributed by atoms with Crippen molar-refractivity contribution in [3.63, 3.8) is 0 Å². The first-order chi connectivity index (χ1) is 11.8. The Balaban J connectivity index is 2.05. The fraction of sp³-hybridized carbons (Fsp3) is 0.562. The molecule has 1 aliphatic rings. The molecule has 2 N–H and O–H groups in total. The van der Waals surface area contributed by atoms with Crippen molar-refractivity contribution < 1.29 is 13.3 Å². The van der Waals surface area contributed by atoms with E-state index >= 15 is 0 Å².